The fraction of sp³-hybridized carbons (Fsp3) is 0.500. The highest BCUT2D eigenvalue weighted by atomic mass is 16.1. The minimum atomic E-state index is 0.0651. The summed E-state index contributed by atoms with van der Waals surface area (Å²) in [5.41, 5.74) is 1.04. The molecule has 0 aliphatic carbocycles. The minimum Gasteiger partial charge on any atom is -0.357 e. The van der Waals surface area contributed by atoms with Crippen molar-refractivity contribution in [3.63, 3.8) is 0 Å². The fourth-order valence-electron chi connectivity index (χ4n) is 3.23. The molecule has 5 nitrogen and oxygen atoms in total. The quantitative estimate of drug-likeness (QED) is 0.877. The molecule has 2 aromatic heterocycles. The Hall–Kier alpha value is -2.30. The SMILES string of the molecule is CC1CCN(c2ccc(CNC(=O)CC(C)n3cccc3)cn2)CC1. The van der Waals surface area contributed by atoms with Gasteiger partial charge in [-0.2, -0.15) is 0 Å². The van der Waals surface area contributed by atoms with Crippen LogP contribution in [0.3, 0.4) is 0 Å². The molecule has 0 spiro atoms. The van der Waals surface area contributed by atoms with Crippen LogP contribution in [-0.2, 0) is 11.3 Å². The van der Waals surface area contributed by atoms with Crippen LogP contribution in [-0.4, -0.2) is 28.5 Å². The van der Waals surface area contributed by atoms with Gasteiger partial charge < -0.3 is 14.8 Å². The van der Waals surface area contributed by atoms with E-state index in [1.165, 1.54) is 12.8 Å². The summed E-state index contributed by atoms with van der Waals surface area (Å²) in [6.45, 7) is 7.06. The molecule has 1 unspecified atom stereocenters. The van der Waals surface area contributed by atoms with Crippen molar-refractivity contribution in [1.29, 1.82) is 0 Å². The second-order valence-corrected chi connectivity index (χ2v) is 7.15. The van der Waals surface area contributed by atoms with Gasteiger partial charge in [0.15, 0.2) is 0 Å². The summed E-state index contributed by atoms with van der Waals surface area (Å²) in [7, 11) is 0. The summed E-state index contributed by atoms with van der Waals surface area (Å²) in [6, 6.07) is 8.25. The number of nitrogens with zero attached hydrogens (tertiary/aromatic N) is 3. The van der Waals surface area contributed by atoms with Crippen LogP contribution in [0.5, 0.6) is 0 Å². The smallest absolute Gasteiger partial charge is 0.222 e. The van der Waals surface area contributed by atoms with Crippen LogP contribution >= 0.6 is 0 Å². The molecular formula is C20H28N4O. The van der Waals surface area contributed by atoms with Gasteiger partial charge in [-0.25, -0.2) is 4.98 Å². The lowest BCUT2D eigenvalue weighted by atomic mass is 9.99. The zero-order chi connectivity index (χ0) is 17.6. The first-order chi connectivity index (χ1) is 12.1. The third-order valence-corrected chi connectivity index (χ3v) is 5.02. The second-order valence-electron chi connectivity index (χ2n) is 7.15. The van der Waals surface area contributed by atoms with Gasteiger partial charge in [0.1, 0.15) is 5.82 Å². The molecule has 3 heterocycles. The first-order valence-electron chi connectivity index (χ1n) is 9.21. The number of aromatic nitrogens is 2. The maximum atomic E-state index is 12.1. The average Bonchev–Trinajstić information content (AvgIpc) is 3.16. The van der Waals surface area contributed by atoms with Crippen LogP contribution in [0.15, 0.2) is 42.9 Å². The predicted octanol–water partition coefficient (Wildman–Crippen LogP) is 3.39. The van der Waals surface area contributed by atoms with Crippen LogP contribution in [0, 0.1) is 5.92 Å². The number of rotatable bonds is 6. The van der Waals surface area contributed by atoms with Gasteiger partial charge in [0.25, 0.3) is 0 Å². The number of nitrogens with one attached hydrogen (secondary N) is 1. The zero-order valence-corrected chi connectivity index (χ0v) is 15.2. The van der Waals surface area contributed by atoms with Gasteiger partial charge in [-0.3, -0.25) is 4.79 Å². The number of amides is 1. The Balaban J connectivity index is 1.46. The lowest BCUT2D eigenvalue weighted by molar-refractivity contribution is -0.121. The second kappa shape index (κ2) is 8.19. The Labute approximate surface area is 150 Å². The van der Waals surface area contributed by atoms with E-state index in [0.29, 0.717) is 13.0 Å². The van der Waals surface area contributed by atoms with E-state index in [2.05, 4.69) is 45.7 Å². The topological polar surface area (TPSA) is 50.2 Å². The third-order valence-electron chi connectivity index (χ3n) is 5.02. The van der Waals surface area contributed by atoms with Gasteiger partial charge in [0.05, 0.1) is 0 Å². The molecule has 25 heavy (non-hydrogen) atoms. The summed E-state index contributed by atoms with van der Waals surface area (Å²) < 4.78 is 2.05. The molecule has 5 heteroatoms. The molecule has 1 amide bonds. The number of hydrogen-bond donors (Lipinski definition) is 1. The number of carbonyl (C=O) groups excluding carboxylic acids is 1. The molecule has 0 aromatic carbocycles. The van der Waals surface area contributed by atoms with Gasteiger partial charge in [-0.05, 0) is 49.4 Å². The number of pyridine rings is 1. The van der Waals surface area contributed by atoms with Gasteiger partial charge in [-0.15, -0.1) is 0 Å². The molecule has 134 valence electrons. The molecule has 1 N–H and O–H groups in total. The maximum Gasteiger partial charge on any atom is 0.222 e. The van der Waals surface area contributed by atoms with Gasteiger partial charge >= 0.3 is 0 Å². The Morgan fingerprint density at radius 1 is 1.28 bits per heavy atom. The van der Waals surface area contributed by atoms with Crippen molar-refractivity contribution in [2.24, 2.45) is 5.92 Å². The average molecular weight is 340 g/mol. The van der Waals surface area contributed by atoms with Crippen LogP contribution in [0.25, 0.3) is 0 Å². The van der Waals surface area contributed by atoms with E-state index < -0.39 is 0 Å². The highest BCUT2D eigenvalue weighted by Crippen LogP contribution is 2.21. The Kier molecular flexibility index (Phi) is 5.74. The fourth-order valence-corrected chi connectivity index (χ4v) is 3.23. The van der Waals surface area contributed by atoms with Crippen LogP contribution in [0.1, 0.15) is 44.7 Å². The van der Waals surface area contributed by atoms with Gasteiger partial charge in [0, 0.05) is 50.7 Å². The Morgan fingerprint density at radius 3 is 2.64 bits per heavy atom. The number of carbonyl (C=O) groups is 1. The van der Waals surface area contributed by atoms with E-state index in [-0.39, 0.29) is 11.9 Å². The molecule has 3 rings (SSSR count). The van der Waals surface area contributed by atoms with Crippen LogP contribution < -0.4 is 10.2 Å². The molecule has 2 aromatic rings. The van der Waals surface area contributed by atoms with Crippen molar-refractivity contribution in [2.75, 3.05) is 18.0 Å². The molecule has 1 aliphatic heterocycles. The standard InChI is InChI=1S/C20H28N4O/c1-16-7-11-24(12-8-16)19-6-5-18(14-21-19)15-22-20(25)13-17(2)23-9-3-4-10-23/h3-6,9-10,14,16-17H,7-8,11-13,15H2,1-2H3,(H,22,25). The van der Waals surface area contributed by atoms with Crippen molar-refractivity contribution < 1.29 is 4.79 Å². The highest BCUT2D eigenvalue weighted by Gasteiger charge is 2.16. The van der Waals surface area contributed by atoms with Crippen molar-refractivity contribution in [1.82, 2.24) is 14.9 Å². The molecule has 1 saturated heterocycles. The van der Waals surface area contributed by atoms with E-state index in [9.17, 15) is 4.79 Å². The van der Waals surface area contributed by atoms with Crippen molar-refractivity contribution >= 4 is 11.7 Å². The van der Waals surface area contributed by atoms with Crippen LogP contribution in [0.4, 0.5) is 5.82 Å². The number of anilines is 1. The molecule has 0 radical (unpaired) electrons. The lowest BCUT2D eigenvalue weighted by Crippen LogP contribution is -2.33. The lowest BCUT2D eigenvalue weighted by Gasteiger charge is -2.31. The predicted molar refractivity (Wildman–Crippen MR) is 100 cm³/mol. The minimum absolute atomic E-state index is 0.0651. The largest absolute Gasteiger partial charge is 0.357 e. The maximum absolute atomic E-state index is 12.1. The Bertz CT molecular complexity index is 658. The molecule has 1 fully saturated rings. The summed E-state index contributed by atoms with van der Waals surface area (Å²) in [5.74, 6) is 1.93. The van der Waals surface area contributed by atoms with E-state index >= 15 is 0 Å². The Morgan fingerprint density at radius 2 is 2.00 bits per heavy atom. The monoisotopic (exact) mass is 340 g/mol. The van der Waals surface area contributed by atoms with Crippen LogP contribution in [0.2, 0.25) is 0 Å². The van der Waals surface area contributed by atoms with Gasteiger partial charge in [0.2, 0.25) is 5.91 Å². The first kappa shape index (κ1) is 17.5. The van der Waals surface area contributed by atoms with Crippen molar-refractivity contribution in [2.45, 2.75) is 45.7 Å². The molecule has 1 aliphatic rings. The summed E-state index contributed by atoms with van der Waals surface area (Å²) in [6.07, 6.45) is 8.80. The number of piperidine rings is 1. The van der Waals surface area contributed by atoms with E-state index in [1.807, 2.05) is 30.7 Å². The highest BCUT2D eigenvalue weighted by molar-refractivity contribution is 5.76. The number of hydrogen-bond acceptors (Lipinski definition) is 3. The normalized spacial score (nSPS) is 16.6. The van der Waals surface area contributed by atoms with Crippen molar-refractivity contribution in [3.8, 4) is 0 Å². The summed E-state index contributed by atoms with van der Waals surface area (Å²) >= 11 is 0. The zero-order valence-electron chi connectivity index (χ0n) is 15.2. The van der Waals surface area contributed by atoms with E-state index in [4.69, 9.17) is 0 Å². The van der Waals surface area contributed by atoms with Gasteiger partial charge in [-0.1, -0.05) is 13.0 Å². The molecular weight excluding hydrogens is 312 g/mol. The molecule has 0 saturated carbocycles. The first-order valence-corrected chi connectivity index (χ1v) is 9.21. The third kappa shape index (κ3) is 4.84. The van der Waals surface area contributed by atoms with Crippen molar-refractivity contribution in [3.05, 3.63) is 48.4 Å². The molecule has 1 atom stereocenters. The van der Waals surface area contributed by atoms with E-state index in [0.717, 1.165) is 30.4 Å². The summed E-state index contributed by atoms with van der Waals surface area (Å²) in [4.78, 5) is 19.0. The summed E-state index contributed by atoms with van der Waals surface area (Å²) in [5, 5.41) is 2.99. The van der Waals surface area contributed by atoms with E-state index in [1.54, 1.807) is 0 Å². The molecule has 0 bridgehead atoms.